The normalized spacial score (nSPS) is 24.1. The highest BCUT2D eigenvalue weighted by atomic mass is 32.7. The molecule has 0 saturated carbocycles. The standard InChI is InChI=1S/C64H74N18O17P2S2/c65-55-50-58(82(34-75-50)62-54-51(87)43(96-62)31-94-100(92,102)98-53-44(32-95-101(93,103)99-54)97-61(52(53)88)81-30-39-15-8-22-67-56-49(39)57(81)74-33-73-56)79-64(78-55)70-25-24-68-59(89)40(16-9-23-69-63(66)91)77-60(90)41(26-35-10-2-1-3-11-35)76-47(85)28-72-46(84)27-71-45(83)20-21-48(86)80-29-38-14-5-4-12-36(38)18-19-37-13-6-7-17-42(37)80/h1-7,10-14,17,30,33-34,40-41,43-44,51-54,61-62,87-88H,8-9,15-16,20-29,31-32H2,(H,68,89)(H,71,83)(H,72,84)(H,76,85)(H,77,90)(H,92,102)(H,93,103)(H3,66,69,91)(H,67,73,74)(H3,65,70,78,79)/t40-,41-,43+,44+,51+,52+,53+,54+,61+,62+,100?,101?/m0/s1. The number of urea groups is 1. The first kappa shape index (κ1) is 73.5. The lowest BCUT2D eigenvalue weighted by molar-refractivity contribution is -0.132. The fraction of sp³-hybridized carbons (Fsp3) is 0.406. The van der Waals surface area contributed by atoms with Crippen molar-refractivity contribution in [1.29, 1.82) is 0 Å². The molecule has 3 fully saturated rings. The van der Waals surface area contributed by atoms with Gasteiger partial charge in [-0.15, -0.1) is 0 Å². The molecule has 544 valence electrons. The Hall–Kier alpha value is -9.25. The Bertz CT molecular complexity index is 4530. The maximum absolute atomic E-state index is 14.3. The third-order valence-electron chi connectivity index (χ3n) is 17.4. The van der Waals surface area contributed by atoms with Crippen molar-refractivity contribution in [3.63, 3.8) is 0 Å². The number of nitrogens with two attached hydrogens (primary N) is 2. The van der Waals surface area contributed by atoms with Gasteiger partial charge in [0.2, 0.25) is 41.4 Å². The predicted molar refractivity (Wildman–Crippen MR) is 376 cm³/mol. The van der Waals surface area contributed by atoms with Crippen LogP contribution in [0.25, 0.3) is 22.2 Å². The number of carbonyl (C=O) groups is 7. The van der Waals surface area contributed by atoms with Crippen molar-refractivity contribution in [3.8, 4) is 11.8 Å². The van der Waals surface area contributed by atoms with Crippen LogP contribution < -0.4 is 58.9 Å². The zero-order valence-corrected chi connectivity index (χ0v) is 58.4. The summed E-state index contributed by atoms with van der Waals surface area (Å²) >= 11 is 9.71. The van der Waals surface area contributed by atoms with Crippen molar-refractivity contribution < 1.29 is 80.8 Å². The first-order valence-corrected chi connectivity index (χ1v) is 38.1. The summed E-state index contributed by atoms with van der Waals surface area (Å²) in [4.78, 5) is 128. The zero-order valence-electron chi connectivity index (χ0n) is 54.9. The third kappa shape index (κ3) is 17.9. The number of primary amides is 1. The molecule has 2 unspecified atom stereocenters. The van der Waals surface area contributed by atoms with Gasteiger partial charge in [-0.2, -0.15) is 9.97 Å². The van der Waals surface area contributed by atoms with Crippen LogP contribution in [-0.2, 0) is 92.1 Å². The molecule has 2 bridgehead atoms. The van der Waals surface area contributed by atoms with Crippen LogP contribution in [0.1, 0.15) is 72.4 Å². The van der Waals surface area contributed by atoms with Gasteiger partial charge in [-0.05, 0) is 72.4 Å². The summed E-state index contributed by atoms with van der Waals surface area (Å²) in [5.41, 5.74) is 16.6. The van der Waals surface area contributed by atoms with E-state index in [-0.39, 0.29) is 87.1 Å². The first-order chi connectivity index (χ1) is 49.5. The van der Waals surface area contributed by atoms with Gasteiger partial charge in [-0.3, -0.25) is 46.9 Å². The number of hydrogen-bond acceptors (Lipinski definition) is 25. The number of amides is 8. The Morgan fingerprint density at radius 2 is 1.48 bits per heavy atom. The third-order valence-corrected chi connectivity index (χ3v) is 20.6. The quantitative estimate of drug-likeness (QED) is 0.0183. The predicted octanol–water partition coefficient (Wildman–Crippen LogP) is 0.948. The highest BCUT2D eigenvalue weighted by Crippen LogP contribution is 2.58. The van der Waals surface area contributed by atoms with Gasteiger partial charge in [0.1, 0.15) is 72.0 Å². The van der Waals surface area contributed by atoms with E-state index in [0.29, 0.717) is 41.2 Å². The Morgan fingerprint density at radius 3 is 2.29 bits per heavy atom. The van der Waals surface area contributed by atoms with Crippen molar-refractivity contribution in [3.05, 3.63) is 126 Å². The summed E-state index contributed by atoms with van der Waals surface area (Å²) in [5.74, 6) is 2.78. The van der Waals surface area contributed by atoms with Crippen LogP contribution in [0.5, 0.6) is 0 Å². The average molecular weight is 1490 g/mol. The monoisotopic (exact) mass is 1490 g/mol. The second kappa shape index (κ2) is 32.6. The molecule has 5 aliphatic rings. The van der Waals surface area contributed by atoms with Crippen molar-refractivity contribution in [2.75, 3.05) is 73.7 Å². The molecule has 12 atom stereocenters. The number of thiol groups is 1. The molecule has 9 heterocycles. The van der Waals surface area contributed by atoms with E-state index in [4.69, 9.17) is 50.8 Å². The number of aliphatic hydroxyl groups is 2. The molecule has 0 radical (unpaired) electrons. The zero-order chi connectivity index (χ0) is 72.5. The SMILES string of the molecule is NC(=O)NCCC[C@H](NC(=O)[C@H](Cc1ccccc1)NC(=O)CNC(=O)CNC(=O)CCC(=O)N1Cc2ccccc2C#Cc2ccccc21)C(=O)NCCNc1nc(N)c2ncn([C@@H]3O[C@@H]4COP(O)(=S)O[C@H]5[C@@H](O)[C@H](n6cc7c8c(ncnc86)NCCC7)O[C@@H]5COP(=O)(S)O[C@@H]3[C@@H]4O)c2n1. The van der Waals surface area contributed by atoms with Crippen LogP contribution in [0.2, 0.25) is 0 Å². The van der Waals surface area contributed by atoms with Crippen LogP contribution in [-0.4, -0.2) is 192 Å². The van der Waals surface area contributed by atoms with Crippen molar-refractivity contribution in [2.24, 2.45) is 5.73 Å². The van der Waals surface area contributed by atoms with Gasteiger partial charge in [0.15, 0.2) is 23.9 Å². The van der Waals surface area contributed by atoms with E-state index < -0.39 is 137 Å². The van der Waals surface area contributed by atoms with Gasteiger partial charge in [-0.25, -0.2) is 24.3 Å². The smallest absolute Gasteiger partial charge is 0.386 e. The molecule has 8 amide bonds. The number of aryl methyl sites for hydroxylation is 1. The van der Waals surface area contributed by atoms with E-state index in [1.165, 1.54) is 17.2 Å². The number of benzene rings is 3. The fourth-order valence-electron chi connectivity index (χ4n) is 12.4. The number of carbonyl (C=O) groups excluding carboxylic acids is 7. The van der Waals surface area contributed by atoms with Gasteiger partial charge in [0.05, 0.1) is 50.2 Å². The molecule has 103 heavy (non-hydrogen) atoms. The van der Waals surface area contributed by atoms with E-state index in [9.17, 15) is 53.2 Å². The number of anilines is 4. The van der Waals surface area contributed by atoms with E-state index in [1.807, 2.05) is 36.4 Å². The lowest BCUT2D eigenvalue weighted by Gasteiger charge is -2.27. The van der Waals surface area contributed by atoms with Crippen LogP contribution in [0, 0.1) is 11.8 Å². The molecular formula is C64H74N18O17P2S2. The van der Waals surface area contributed by atoms with Crippen LogP contribution in [0.4, 0.5) is 28.1 Å². The Kier molecular flexibility index (Phi) is 23.3. The molecule has 0 aliphatic carbocycles. The molecule has 3 aromatic carbocycles. The highest BCUT2D eigenvalue weighted by molar-refractivity contribution is 8.44. The van der Waals surface area contributed by atoms with Gasteiger partial charge in [-0.1, -0.05) is 84.8 Å². The Balaban J connectivity index is 0.654. The number of imidazole rings is 1. The minimum Gasteiger partial charge on any atom is -0.387 e. The van der Waals surface area contributed by atoms with Crippen LogP contribution in [0.3, 0.4) is 0 Å². The number of aromatic nitrogens is 7. The van der Waals surface area contributed by atoms with Gasteiger partial charge < -0.3 is 92.6 Å². The average Bonchev–Trinajstić information content (AvgIpc) is 1.61. The number of nitrogen functional groups attached to an aromatic ring is 1. The number of hydrogen-bond donors (Lipinski definition) is 14. The highest BCUT2D eigenvalue weighted by Gasteiger charge is 2.53. The van der Waals surface area contributed by atoms with E-state index in [2.05, 4.69) is 91.5 Å². The second-order valence-electron chi connectivity index (χ2n) is 24.5. The molecule has 12 rings (SSSR count). The lowest BCUT2D eigenvalue weighted by Crippen LogP contribution is -2.56. The number of fused-ring (bicyclic) bond motifs is 6. The summed E-state index contributed by atoms with van der Waals surface area (Å²) in [6, 6.07) is 20.0. The maximum Gasteiger partial charge on any atom is 0.386 e. The van der Waals surface area contributed by atoms with Gasteiger partial charge >= 0.3 is 19.5 Å². The molecule has 0 spiro atoms. The van der Waals surface area contributed by atoms with Crippen LogP contribution >= 0.6 is 25.8 Å². The molecule has 4 aromatic heterocycles. The molecule has 39 heteroatoms. The molecular weight excluding hydrogens is 1420 g/mol. The van der Waals surface area contributed by atoms with E-state index in [1.54, 1.807) is 58.1 Å². The summed E-state index contributed by atoms with van der Waals surface area (Å²) in [7, 11) is 0. The van der Waals surface area contributed by atoms with Crippen molar-refractivity contribution in [2.45, 2.75) is 113 Å². The summed E-state index contributed by atoms with van der Waals surface area (Å²) in [5, 5.41) is 46.0. The molecule has 3 saturated heterocycles. The van der Waals surface area contributed by atoms with Gasteiger partial charge in [0, 0.05) is 62.8 Å². The van der Waals surface area contributed by atoms with E-state index in [0.717, 1.165) is 28.5 Å². The number of nitrogens with zero attached hydrogens (tertiary/aromatic N) is 8. The first-order valence-electron chi connectivity index (χ1n) is 32.8. The number of rotatable bonds is 23. The van der Waals surface area contributed by atoms with Gasteiger partial charge in [0.25, 0.3) is 0 Å². The molecule has 7 aromatic rings. The van der Waals surface area contributed by atoms with Crippen LogP contribution in [0.15, 0.2) is 97.7 Å². The Labute approximate surface area is 597 Å². The maximum atomic E-state index is 14.3. The molecule has 5 aliphatic heterocycles. The number of ether oxygens (including phenoxy) is 2. The minimum atomic E-state index is -4.55. The number of para-hydroxylation sites is 1. The number of aliphatic hydroxyl groups excluding tert-OH is 2. The second-order valence-corrected chi connectivity index (χ2v) is 30.2. The number of nitrogens with one attached hydrogen (secondary N) is 8. The molecule has 15 N–H and O–H groups in total. The van der Waals surface area contributed by atoms with E-state index >= 15 is 0 Å². The molecule has 35 nitrogen and oxygen atoms in total. The lowest BCUT2D eigenvalue weighted by atomic mass is 10.0. The fourth-order valence-corrected chi connectivity index (χ4v) is 15.3. The minimum absolute atomic E-state index is 0.00652. The van der Waals surface area contributed by atoms with Crippen molar-refractivity contribution in [1.82, 2.24) is 66.0 Å². The van der Waals surface area contributed by atoms with Crippen molar-refractivity contribution >= 4 is 125 Å². The summed E-state index contributed by atoms with van der Waals surface area (Å²) in [6.45, 7) is -10.5. The Morgan fingerprint density at radius 1 is 0.738 bits per heavy atom. The topological polar surface area (TPSA) is 478 Å². The largest absolute Gasteiger partial charge is 0.387 e. The summed E-state index contributed by atoms with van der Waals surface area (Å²) < 4.78 is 53.2. The summed E-state index contributed by atoms with van der Waals surface area (Å²) in [6.07, 6.45) is -5.94.